The van der Waals surface area contributed by atoms with E-state index in [1.165, 1.54) is 6.92 Å². The Morgan fingerprint density at radius 3 is 2.42 bits per heavy atom. The highest BCUT2D eigenvalue weighted by Crippen LogP contribution is 2.24. The van der Waals surface area contributed by atoms with Crippen molar-refractivity contribution in [2.45, 2.75) is 31.0 Å². The molecule has 0 fully saturated rings. The topological polar surface area (TPSA) is 137 Å². The van der Waals surface area contributed by atoms with E-state index in [0.29, 0.717) is 30.2 Å². The Morgan fingerprint density at radius 2 is 1.75 bits per heavy atom. The lowest BCUT2D eigenvalue weighted by atomic mass is 10.1. The number of anilines is 1. The lowest BCUT2D eigenvalue weighted by Gasteiger charge is -2.19. The molecule has 0 spiro atoms. The van der Waals surface area contributed by atoms with E-state index in [0.717, 1.165) is 17.4 Å². The minimum atomic E-state index is -4.12. The number of amides is 1. The molecule has 36 heavy (non-hydrogen) atoms. The number of benzene rings is 3. The van der Waals surface area contributed by atoms with Gasteiger partial charge >= 0.3 is 0 Å². The molecule has 1 heterocycles. The predicted octanol–water partition coefficient (Wildman–Crippen LogP) is 3.68. The molecule has 1 atom stereocenters. The highest BCUT2D eigenvalue weighted by Gasteiger charge is 2.30. The molecule has 4 N–H and O–H groups in total. The van der Waals surface area contributed by atoms with Crippen molar-refractivity contribution in [2.75, 3.05) is 5.32 Å². The zero-order valence-corrected chi connectivity index (χ0v) is 20.4. The molecule has 10 heteroatoms. The second-order valence-electron chi connectivity index (χ2n) is 8.06. The molecule has 0 aliphatic rings. The molecular weight excluding hydrogens is 480 g/mol. The van der Waals surface area contributed by atoms with Gasteiger partial charge in [-0.15, -0.1) is 0 Å². The van der Waals surface area contributed by atoms with E-state index in [1.807, 2.05) is 36.4 Å². The largest absolute Gasteiger partial charge is 0.489 e. The average Bonchev–Trinajstić information content (AvgIpc) is 3.34. The van der Waals surface area contributed by atoms with Gasteiger partial charge in [-0.1, -0.05) is 59.8 Å². The zero-order chi connectivity index (χ0) is 25.5. The second-order valence-corrected chi connectivity index (χ2v) is 9.74. The summed E-state index contributed by atoms with van der Waals surface area (Å²) in [6, 6.07) is 22.1. The van der Waals surface area contributed by atoms with Crippen LogP contribution in [-0.4, -0.2) is 19.5 Å². The summed E-state index contributed by atoms with van der Waals surface area (Å²) < 4.78 is 39.2. The number of hydrogen-bond acceptors (Lipinski definition) is 7. The van der Waals surface area contributed by atoms with Gasteiger partial charge in [0, 0.05) is 12.2 Å². The maximum atomic E-state index is 13.3. The predicted molar refractivity (Wildman–Crippen MR) is 134 cm³/mol. The summed E-state index contributed by atoms with van der Waals surface area (Å²) in [5.41, 5.74) is 8.63. The first-order valence-electron chi connectivity index (χ1n) is 11.2. The Hall–Kier alpha value is -3.99. The number of hydrogen-bond donors (Lipinski definition) is 3. The van der Waals surface area contributed by atoms with Crippen LogP contribution in [0.5, 0.6) is 5.75 Å². The smallest absolute Gasteiger partial charge is 0.247 e. The van der Waals surface area contributed by atoms with Gasteiger partial charge in [0.05, 0.1) is 0 Å². The first kappa shape index (κ1) is 25.1. The molecule has 1 amide bonds. The lowest BCUT2D eigenvalue weighted by Crippen LogP contribution is -2.37. The van der Waals surface area contributed by atoms with Crippen molar-refractivity contribution in [3.63, 3.8) is 0 Å². The van der Waals surface area contributed by atoms with E-state index in [1.54, 1.807) is 42.5 Å². The molecule has 9 nitrogen and oxygen atoms in total. The number of carbonyl (C=O) groups is 1. The van der Waals surface area contributed by atoms with Crippen LogP contribution in [0.15, 0.2) is 94.5 Å². The van der Waals surface area contributed by atoms with Crippen molar-refractivity contribution in [1.29, 1.82) is 0 Å². The van der Waals surface area contributed by atoms with Gasteiger partial charge < -0.3 is 20.3 Å². The lowest BCUT2D eigenvalue weighted by molar-refractivity contribution is -0.117. The summed E-state index contributed by atoms with van der Waals surface area (Å²) >= 11 is 0. The Labute approximate surface area is 209 Å². The highest BCUT2D eigenvalue weighted by atomic mass is 32.2. The third-order valence-electron chi connectivity index (χ3n) is 5.42. The van der Waals surface area contributed by atoms with Crippen LogP contribution in [0.4, 0.5) is 5.69 Å². The molecule has 0 bridgehead atoms. The molecule has 0 radical (unpaired) electrons. The normalized spacial score (nSPS) is 12.2. The molecule has 3 aromatic carbocycles. The van der Waals surface area contributed by atoms with Crippen LogP contribution in [0.25, 0.3) is 0 Å². The molecule has 186 valence electrons. The molecule has 0 aliphatic heterocycles. The number of carbonyl (C=O) groups excluding carboxylic acids is 1. The van der Waals surface area contributed by atoms with Crippen molar-refractivity contribution in [1.82, 2.24) is 9.88 Å². The summed E-state index contributed by atoms with van der Waals surface area (Å²) in [6.45, 7) is 2.18. The van der Waals surface area contributed by atoms with Crippen LogP contribution in [0.1, 0.15) is 28.4 Å². The van der Waals surface area contributed by atoms with Gasteiger partial charge in [-0.05, 0) is 47.9 Å². The molecule has 0 aliphatic carbocycles. The number of nitrogens with one attached hydrogen (secondary N) is 2. The Kier molecular flexibility index (Phi) is 7.79. The SMILES string of the molecule is Cc1nocc1S(=O)(=O)N[C@H](C(=O)Nc1cccc(CN)c1)c1ccc(OCc2ccccc2)cc1. The number of sulfonamides is 1. The fourth-order valence-electron chi connectivity index (χ4n) is 3.52. The van der Waals surface area contributed by atoms with E-state index in [-0.39, 0.29) is 10.6 Å². The maximum Gasteiger partial charge on any atom is 0.247 e. The van der Waals surface area contributed by atoms with Crippen LogP contribution in [0, 0.1) is 6.92 Å². The summed E-state index contributed by atoms with van der Waals surface area (Å²) in [5.74, 6) is 0.00921. The van der Waals surface area contributed by atoms with Crippen LogP contribution < -0.4 is 20.5 Å². The Bertz CT molecular complexity index is 1420. The number of nitrogens with zero attached hydrogens (tertiary/aromatic N) is 1. The van der Waals surface area contributed by atoms with Gasteiger partial charge in [-0.25, -0.2) is 8.42 Å². The van der Waals surface area contributed by atoms with Gasteiger partial charge in [-0.3, -0.25) is 4.79 Å². The minimum Gasteiger partial charge on any atom is -0.489 e. The monoisotopic (exact) mass is 506 g/mol. The van der Waals surface area contributed by atoms with Crippen molar-refractivity contribution < 1.29 is 22.5 Å². The van der Waals surface area contributed by atoms with E-state index in [9.17, 15) is 13.2 Å². The van der Waals surface area contributed by atoms with E-state index in [4.69, 9.17) is 15.0 Å². The van der Waals surface area contributed by atoms with Crippen molar-refractivity contribution in [3.8, 4) is 5.75 Å². The molecule has 0 saturated carbocycles. The molecule has 0 saturated heterocycles. The Balaban J connectivity index is 1.58. The number of aromatic nitrogens is 1. The van der Waals surface area contributed by atoms with Crippen molar-refractivity contribution >= 4 is 21.6 Å². The summed E-state index contributed by atoms with van der Waals surface area (Å²) in [7, 11) is -4.12. The fourth-order valence-corrected chi connectivity index (χ4v) is 4.80. The number of nitrogens with two attached hydrogens (primary N) is 1. The van der Waals surface area contributed by atoms with Gasteiger partial charge in [0.1, 0.15) is 35.3 Å². The van der Waals surface area contributed by atoms with Crippen LogP contribution in [0.3, 0.4) is 0 Å². The highest BCUT2D eigenvalue weighted by molar-refractivity contribution is 7.89. The van der Waals surface area contributed by atoms with Crippen molar-refractivity contribution in [2.24, 2.45) is 5.73 Å². The molecular formula is C26H26N4O5S. The van der Waals surface area contributed by atoms with Crippen LogP contribution in [-0.2, 0) is 28.0 Å². The first-order chi connectivity index (χ1) is 17.4. The van der Waals surface area contributed by atoms with Crippen LogP contribution >= 0.6 is 0 Å². The number of ether oxygens (including phenoxy) is 1. The molecule has 1 aromatic heterocycles. The average molecular weight is 507 g/mol. The fraction of sp³-hybridized carbons (Fsp3) is 0.154. The van der Waals surface area contributed by atoms with Gasteiger partial charge in [0.2, 0.25) is 15.9 Å². The quantitative estimate of drug-likeness (QED) is 0.298. The number of aryl methyl sites for hydroxylation is 1. The van der Waals surface area contributed by atoms with Crippen LogP contribution in [0.2, 0.25) is 0 Å². The molecule has 4 aromatic rings. The standard InChI is InChI=1S/C26H26N4O5S/c1-18-24(17-35-29-18)36(32,33)30-25(26(31)28-22-9-5-8-20(14-22)15-27)21-10-12-23(13-11-21)34-16-19-6-3-2-4-7-19/h2-14,17,25,30H,15-16,27H2,1H3,(H,28,31)/t25-/m0/s1. The van der Waals surface area contributed by atoms with Crippen molar-refractivity contribution in [3.05, 3.63) is 108 Å². The molecule has 0 unspecified atom stereocenters. The second kappa shape index (κ2) is 11.2. The Morgan fingerprint density at radius 1 is 1.03 bits per heavy atom. The van der Waals surface area contributed by atoms with E-state index < -0.39 is 22.0 Å². The maximum absolute atomic E-state index is 13.3. The molecule has 4 rings (SSSR count). The third kappa shape index (κ3) is 6.16. The zero-order valence-electron chi connectivity index (χ0n) is 19.5. The minimum absolute atomic E-state index is 0.145. The van der Waals surface area contributed by atoms with Gasteiger partial charge in [0.15, 0.2) is 0 Å². The summed E-state index contributed by atoms with van der Waals surface area (Å²) in [5, 5.41) is 6.40. The third-order valence-corrected chi connectivity index (χ3v) is 6.94. The summed E-state index contributed by atoms with van der Waals surface area (Å²) in [4.78, 5) is 13.2. The van der Waals surface area contributed by atoms with Gasteiger partial charge in [-0.2, -0.15) is 4.72 Å². The van der Waals surface area contributed by atoms with E-state index in [2.05, 4.69) is 15.2 Å². The number of rotatable bonds is 10. The van der Waals surface area contributed by atoms with Gasteiger partial charge in [0.25, 0.3) is 0 Å². The van der Waals surface area contributed by atoms with E-state index >= 15 is 0 Å². The summed E-state index contributed by atoms with van der Waals surface area (Å²) in [6.07, 6.45) is 1.03. The first-order valence-corrected chi connectivity index (χ1v) is 12.6.